The van der Waals surface area contributed by atoms with Crippen LogP contribution in [0.1, 0.15) is 12.8 Å². The fourth-order valence-electron chi connectivity index (χ4n) is 1.89. The minimum Gasteiger partial charge on any atom is -0.350 e. The van der Waals surface area contributed by atoms with E-state index in [4.69, 9.17) is 11.6 Å². The molecule has 1 atom stereocenters. The Morgan fingerprint density at radius 3 is 3.00 bits per heavy atom. The smallest absolute Gasteiger partial charge is 0.168 e. The van der Waals surface area contributed by atoms with Gasteiger partial charge in [0.1, 0.15) is 5.82 Å². The molecule has 1 aromatic heterocycles. The lowest BCUT2D eigenvalue weighted by molar-refractivity contribution is 0.565. The zero-order chi connectivity index (χ0) is 10.8. The SMILES string of the molecule is Fc1cnc(N2CCCC2CCl)c(F)c1. The standard InChI is InChI=1S/C10H11ClF2N2/c11-5-8-2-1-3-15(8)10-9(13)4-7(12)6-14-10/h4,6,8H,1-3,5H2. The van der Waals surface area contributed by atoms with Gasteiger partial charge in [-0.05, 0) is 12.8 Å². The molecule has 15 heavy (non-hydrogen) atoms. The van der Waals surface area contributed by atoms with E-state index in [9.17, 15) is 8.78 Å². The van der Waals surface area contributed by atoms with Crippen LogP contribution in [0.3, 0.4) is 0 Å². The predicted octanol–water partition coefficient (Wildman–Crippen LogP) is 2.57. The number of anilines is 1. The molecule has 2 rings (SSSR count). The number of hydrogen-bond acceptors (Lipinski definition) is 2. The third-order valence-corrected chi connectivity index (χ3v) is 2.97. The van der Waals surface area contributed by atoms with Gasteiger partial charge in [-0.2, -0.15) is 0 Å². The summed E-state index contributed by atoms with van der Waals surface area (Å²) in [5, 5.41) is 0. The average Bonchev–Trinajstić information content (AvgIpc) is 2.65. The quantitative estimate of drug-likeness (QED) is 0.729. The molecule has 5 heteroatoms. The summed E-state index contributed by atoms with van der Waals surface area (Å²) in [6.45, 7) is 0.729. The van der Waals surface area contributed by atoms with Crippen molar-refractivity contribution in [1.82, 2.24) is 4.98 Å². The summed E-state index contributed by atoms with van der Waals surface area (Å²) in [6, 6.07) is 0.963. The van der Waals surface area contributed by atoms with Crippen molar-refractivity contribution in [2.45, 2.75) is 18.9 Å². The van der Waals surface area contributed by atoms with Gasteiger partial charge in [0, 0.05) is 24.5 Å². The van der Waals surface area contributed by atoms with Crippen molar-refractivity contribution in [3.63, 3.8) is 0 Å². The summed E-state index contributed by atoms with van der Waals surface area (Å²) in [5.41, 5.74) is 0. The number of rotatable bonds is 2. The lowest BCUT2D eigenvalue weighted by atomic mass is 10.2. The van der Waals surface area contributed by atoms with E-state index in [1.165, 1.54) is 0 Å². The molecule has 1 unspecified atom stereocenters. The fourth-order valence-corrected chi connectivity index (χ4v) is 2.21. The summed E-state index contributed by atoms with van der Waals surface area (Å²) >= 11 is 5.77. The lowest BCUT2D eigenvalue weighted by Crippen LogP contribution is -2.32. The van der Waals surface area contributed by atoms with Gasteiger partial charge in [0.2, 0.25) is 0 Å². The Labute approximate surface area is 91.9 Å². The molecule has 82 valence electrons. The number of aromatic nitrogens is 1. The van der Waals surface area contributed by atoms with Crippen molar-refractivity contribution in [2.24, 2.45) is 0 Å². The van der Waals surface area contributed by atoms with E-state index in [2.05, 4.69) is 4.98 Å². The highest BCUT2D eigenvalue weighted by Gasteiger charge is 2.26. The van der Waals surface area contributed by atoms with Crippen LogP contribution in [0.25, 0.3) is 0 Å². The molecule has 2 heterocycles. The van der Waals surface area contributed by atoms with Crippen molar-refractivity contribution in [2.75, 3.05) is 17.3 Å². The van der Waals surface area contributed by atoms with Crippen LogP contribution in [0.5, 0.6) is 0 Å². The summed E-state index contributed by atoms with van der Waals surface area (Å²) in [6.07, 6.45) is 2.93. The number of alkyl halides is 1. The summed E-state index contributed by atoms with van der Waals surface area (Å²) in [4.78, 5) is 5.58. The first-order valence-corrected chi connectivity index (χ1v) is 5.39. The van der Waals surface area contributed by atoms with E-state index in [0.29, 0.717) is 5.88 Å². The Morgan fingerprint density at radius 1 is 1.53 bits per heavy atom. The Balaban J connectivity index is 2.28. The Morgan fingerprint density at radius 2 is 2.33 bits per heavy atom. The van der Waals surface area contributed by atoms with Crippen LogP contribution in [0.4, 0.5) is 14.6 Å². The monoisotopic (exact) mass is 232 g/mol. The van der Waals surface area contributed by atoms with Crippen molar-refractivity contribution in [3.05, 3.63) is 23.9 Å². The zero-order valence-electron chi connectivity index (χ0n) is 8.09. The number of hydrogen-bond donors (Lipinski definition) is 0. The topological polar surface area (TPSA) is 16.1 Å². The largest absolute Gasteiger partial charge is 0.350 e. The maximum Gasteiger partial charge on any atom is 0.168 e. The molecule has 0 spiro atoms. The lowest BCUT2D eigenvalue weighted by Gasteiger charge is -2.24. The highest BCUT2D eigenvalue weighted by Crippen LogP contribution is 2.26. The van der Waals surface area contributed by atoms with Crippen LogP contribution >= 0.6 is 11.6 Å². The van der Waals surface area contributed by atoms with E-state index in [-0.39, 0.29) is 11.9 Å². The van der Waals surface area contributed by atoms with Crippen LogP contribution < -0.4 is 4.90 Å². The Hall–Kier alpha value is -0.900. The normalized spacial score (nSPS) is 21.0. The van der Waals surface area contributed by atoms with E-state index in [1.807, 2.05) is 4.90 Å². The first-order chi connectivity index (χ1) is 7.22. The first-order valence-electron chi connectivity index (χ1n) is 4.86. The predicted molar refractivity (Wildman–Crippen MR) is 55.2 cm³/mol. The summed E-state index contributed by atoms with van der Waals surface area (Å²) in [5.74, 6) is -0.622. The molecule has 0 saturated carbocycles. The second-order valence-corrected chi connectivity index (χ2v) is 3.91. The molecule has 1 aromatic rings. The van der Waals surface area contributed by atoms with Crippen molar-refractivity contribution < 1.29 is 8.78 Å². The molecule has 1 saturated heterocycles. The number of pyridine rings is 1. The van der Waals surface area contributed by atoms with Gasteiger partial charge in [-0.15, -0.1) is 11.6 Å². The third-order valence-electron chi connectivity index (χ3n) is 2.62. The minimum absolute atomic E-state index is 0.110. The molecule has 2 nitrogen and oxygen atoms in total. The maximum absolute atomic E-state index is 13.4. The molecule has 1 fully saturated rings. The van der Waals surface area contributed by atoms with Gasteiger partial charge < -0.3 is 4.90 Å². The fraction of sp³-hybridized carbons (Fsp3) is 0.500. The summed E-state index contributed by atoms with van der Waals surface area (Å²) < 4.78 is 26.1. The molecule has 0 amide bonds. The van der Waals surface area contributed by atoms with Crippen LogP contribution in [0.2, 0.25) is 0 Å². The Bertz CT molecular complexity index is 359. The average molecular weight is 233 g/mol. The molecule has 0 aliphatic carbocycles. The highest BCUT2D eigenvalue weighted by molar-refractivity contribution is 6.18. The van der Waals surface area contributed by atoms with Gasteiger partial charge in [-0.1, -0.05) is 0 Å². The van der Waals surface area contributed by atoms with Crippen LogP contribution in [-0.4, -0.2) is 23.5 Å². The summed E-state index contributed by atoms with van der Waals surface area (Å²) in [7, 11) is 0. The number of nitrogens with zero attached hydrogens (tertiary/aromatic N) is 2. The first kappa shape index (κ1) is 10.6. The van der Waals surface area contributed by atoms with Crippen molar-refractivity contribution in [1.29, 1.82) is 0 Å². The van der Waals surface area contributed by atoms with Crippen molar-refractivity contribution in [3.8, 4) is 0 Å². The maximum atomic E-state index is 13.4. The third kappa shape index (κ3) is 2.04. The van der Waals surface area contributed by atoms with Gasteiger partial charge >= 0.3 is 0 Å². The van der Waals surface area contributed by atoms with Crippen molar-refractivity contribution >= 4 is 17.4 Å². The van der Waals surface area contributed by atoms with Gasteiger partial charge in [-0.25, -0.2) is 13.8 Å². The molecule has 0 radical (unpaired) electrons. The Kier molecular flexibility index (Phi) is 3.05. The van der Waals surface area contributed by atoms with Gasteiger partial charge in [0.05, 0.1) is 6.20 Å². The molecule has 1 aliphatic heterocycles. The van der Waals surface area contributed by atoms with E-state index in [0.717, 1.165) is 31.6 Å². The van der Waals surface area contributed by atoms with Gasteiger partial charge in [0.15, 0.2) is 11.6 Å². The molecule has 0 N–H and O–H groups in total. The minimum atomic E-state index is -0.655. The van der Waals surface area contributed by atoms with Gasteiger partial charge in [-0.3, -0.25) is 0 Å². The van der Waals surface area contributed by atoms with Crippen LogP contribution in [0, 0.1) is 11.6 Å². The van der Waals surface area contributed by atoms with E-state index < -0.39 is 11.6 Å². The van der Waals surface area contributed by atoms with Gasteiger partial charge in [0.25, 0.3) is 0 Å². The molecular weight excluding hydrogens is 222 g/mol. The van der Waals surface area contributed by atoms with Crippen LogP contribution in [0.15, 0.2) is 12.3 Å². The molecular formula is C10H11ClF2N2. The number of halogens is 3. The second kappa shape index (κ2) is 4.31. The zero-order valence-corrected chi connectivity index (χ0v) is 8.84. The van der Waals surface area contributed by atoms with E-state index >= 15 is 0 Å². The van der Waals surface area contributed by atoms with Crippen LogP contribution in [-0.2, 0) is 0 Å². The second-order valence-electron chi connectivity index (χ2n) is 3.60. The van der Waals surface area contributed by atoms with E-state index in [1.54, 1.807) is 0 Å². The molecule has 1 aliphatic rings. The molecule has 0 aromatic carbocycles. The highest BCUT2D eigenvalue weighted by atomic mass is 35.5. The molecule has 0 bridgehead atoms.